The van der Waals surface area contributed by atoms with Crippen molar-refractivity contribution in [1.29, 1.82) is 0 Å². The van der Waals surface area contributed by atoms with E-state index in [0.717, 1.165) is 45.1 Å². The van der Waals surface area contributed by atoms with E-state index in [2.05, 4.69) is 31.0 Å². The Balaban J connectivity index is 2.26. The first-order valence-electron chi connectivity index (χ1n) is 16.6. The van der Waals surface area contributed by atoms with Crippen LogP contribution in [0.15, 0.2) is 11.6 Å². The lowest BCUT2D eigenvalue weighted by molar-refractivity contribution is -0.142. The number of rotatable bonds is 12. The van der Waals surface area contributed by atoms with Gasteiger partial charge in [0, 0.05) is 38.8 Å². The average Bonchev–Trinajstić information content (AvgIpc) is 3.44. The molecule has 2 aliphatic rings. The van der Waals surface area contributed by atoms with E-state index >= 15 is 0 Å². The predicted octanol–water partition coefficient (Wildman–Crippen LogP) is 4.46. The maximum absolute atomic E-state index is 14.1. The molecule has 9 heteroatoms. The van der Waals surface area contributed by atoms with Crippen LogP contribution >= 0.6 is 0 Å². The van der Waals surface area contributed by atoms with E-state index in [4.69, 9.17) is 0 Å². The minimum atomic E-state index is -0.717. The molecule has 0 radical (unpaired) electrons. The number of unbranched alkanes of at least 4 members (excludes halogenated alkanes) is 1. The summed E-state index contributed by atoms with van der Waals surface area (Å²) in [5.41, 5.74) is 0.0156. The van der Waals surface area contributed by atoms with E-state index in [1.807, 2.05) is 47.7 Å². The molecule has 2 fully saturated rings. The van der Waals surface area contributed by atoms with Gasteiger partial charge in [-0.15, -0.1) is 0 Å². The van der Waals surface area contributed by atoms with Crippen molar-refractivity contribution in [2.75, 3.05) is 33.7 Å². The second kappa shape index (κ2) is 16.1. The first-order chi connectivity index (χ1) is 20.0. The minimum absolute atomic E-state index is 0.00226. The van der Waals surface area contributed by atoms with Gasteiger partial charge in [0.2, 0.25) is 23.6 Å². The van der Waals surface area contributed by atoms with E-state index in [1.165, 1.54) is 0 Å². The fourth-order valence-corrected chi connectivity index (χ4v) is 6.42. The Morgan fingerprint density at radius 2 is 1.58 bits per heavy atom. The summed E-state index contributed by atoms with van der Waals surface area (Å²) in [4.78, 5) is 61.9. The molecule has 0 aromatic heterocycles. The molecule has 9 nitrogen and oxygen atoms in total. The SMILES string of the molecule is CCCCN(C)C(=O)[C@@H]1CCCN1C(=O)/C(C)=C/C(C(C)C)N(C)C(=O)C(NC(=O)C1CCCCN1C(C)C)C(C)(C)C. The zero-order valence-electron chi connectivity index (χ0n) is 29.0. The molecule has 4 atom stereocenters. The van der Waals surface area contributed by atoms with Crippen LogP contribution in [-0.2, 0) is 19.2 Å². The van der Waals surface area contributed by atoms with E-state index < -0.39 is 17.5 Å². The van der Waals surface area contributed by atoms with Crippen molar-refractivity contribution in [3.8, 4) is 0 Å². The molecule has 4 amide bonds. The number of hydrogen-bond donors (Lipinski definition) is 1. The first-order valence-corrected chi connectivity index (χ1v) is 16.6. The number of nitrogens with one attached hydrogen (secondary N) is 1. The number of nitrogens with zero attached hydrogens (tertiary/aromatic N) is 4. The van der Waals surface area contributed by atoms with Crippen LogP contribution in [0.5, 0.6) is 0 Å². The Kier molecular flexibility index (Phi) is 13.7. The topological polar surface area (TPSA) is 93.3 Å². The van der Waals surface area contributed by atoms with Gasteiger partial charge in [-0.05, 0) is 70.8 Å². The molecule has 3 unspecified atom stereocenters. The molecule has 0 aromatic rings. The van der Waals surface area contributed by atoms with Gasteiger partial charge in [0.15, 0.2) is 0 Å². The second-order valence-electron chi connectivity index (χ2n) is 14.5. The number of piperidine rings is 1. The average molecular weight is 604 g/mol. The molecular formula is C34H61N5O4. The molecule has 0 spiro atoms. The summed E-state index contributed by atoms with van der Waals surface area (Å²) in [6, 6.07) is -1.51. The molecule has 43 heavy (non-hydrogen) atoms. The van der Waals surface area contributed by atoms with Crippen molar-refractivity contribution in [1.82, 2.24) is 24.9 Å². The van der Waals surface area contributed by atoms with Gasteiger partial charge in [0.05, 0.1) is 12.1 Å². The molecule has 0 aromatic carbocycles. The lowest BCUT2D eigenvalue weighted by Crippen LogP contribution is -2.60. The van der Waals surface area contributed by atoms with Crippen molar-refractivity contribution in [3.63, 3.8) is 0 Å². The van der Waals surface area contributed by atoms with Crippen LogP contribution < -0.4 is 5.32 Å². The lowest BCUT2D eigenvalue weighted by atomic mass is 9.84. The van der Waals surface area contributed by atoms with Gasteiger partial charge in [-0.2, -0.15) is 0 Å². The van der Waals surface area contributed by atoms with E-state index in [0.29, 0.717) is 25.1 Å². The zero-order chi connectivity index (χ0) is 32.6. The summed E-state index contributed by atoms with van der Waals surface area (Å²) < 4.78 is 0. The number of likely N-dealkylation sites (tertiary alicyclic amines) is 2. The Labute approximate surface area is 261 Å². The molecule has 0 aliphatic carbocycles. The molecular weight excluding hydrogens is 542 g/mol. The van der Waals surface area contributed by atoms with Crippen LogP contribution in [0.4, 0.5) is 0 Å². The van der Waals surface area contributed by atoms with Gasteiger partial charge >= 0.3 is 0 Å². The predicted molar refractivity (Wildman–Crippen MR) is 173 cm³/mol. The molecule has 1 N–H and O–H groups in total. The van der Waals surface area contributed by atoms with Crippen LogP contribution in [0.3, 0.4) is 0 Å². The molecule has 2 rings (SSSR count). The highest BCUT2D eigenvalue weighted by atomic mass is 16.2. The van der Waals surface area contributed by atoms with Crippen molar-refractivity contribution < 1.29 is 19.2 Å². The molecule has 246 valence electrons. The number of hydrogen-bond acceptors (Lipinski definition) is 5. The third-order valence-electron chi connectivity index (χ3n) is 9.17. The third-order valence-corrected chi connectivity index (χ3v) is 9.17. The van der Waals surface area contributed by atoms with Crippen molar-refractivity contribution >= 4 is 23.6 Å². The first kappa shape index (κ1) is 36.8. The maximum atomic E-state index is 14.1. The third kappa shape index (κ3) is 9.53. The molecule has 2 aliphatic heterocycles. The summed E-state index contributed by atoms with van der Waals surface area (Å²) >= 11 is 0. The number of likely N-dealkylation sites (N-methyl/N-ethyl adjacent to an activating group) is 2. The van der Waals surface area contributed by atoms with Crippen molar-refractivity contribution in [2.45, 2.75) is 137 Å². The summed E-state index contributed by atoms with van der Waals surface area (Å²) in [7, 11) is 3.58. The standard InChI is InChI=1S/C34H61N5O4/c1-12-13-19-36(10)32(42)27-18-16-21-39(27)31(41)25(6)22-28(23(2)3)37(11)33(43)29(34(7,8)9)35-30(40)26-17-14-15-20-38(26)24(4)5/h22-24,26-29H,12-21H2,1-11H3,(H,35,40)/b25-22+/t26?,27-,28?,29?/m0/s1. The van der Waals surface area contributed by atoms with Crippen LogP contribution in [0.2, 0.25) is 0 Å². The van der Waals surface area contributed by atoms with Gasteiger partial charge in [0.1, 0.15) is 12.1 Å². The van der Waals surface area contributed by atoms with Crippen molar-refractivity contribution in [2.24, 2.45) is 11.3 Å². The quantitative estimate of drug-likeness (QED) is 0.333. The van der Waals surface area contributed by atoms with E-state index in [1.54, 1.807) is 28.7 Å². The molecule has 2 heterocycles. The number of amides is 4. The number of carbonyl (C=O) groups excluding carboxylic acids is 4. The Hall–Kier alpha value is -2.42. The Bertz CT molecular complexity index is 1000. The highest BCUT2D eigenvalue weighted by molar-refractivity contribution is 5.97. The van der Waals surface area contributed by atoms with Gasteiger partial charge in [-0.3, -0.25) is 24.1 Å². The fourth-order valence-electron chi connectivity index (χ4n) is 6.42. The van der Waals surface area contributed by atoms with E-state index in [9.17, 15) is 19.2 Å². The van der Waals surface area contributed by atoms with E-state index in [-0.39, 0.29) is 47.7 Å². The highest BCUT2D eigenvalue weighted by Crippen LogP contribution is 2.27. The highest BCUT2D eigenvalue weighted by Gasteiger charge is 2.40. The Morgan fingerprint density at radius 1 is 0.953 bits per heavy atom. The fraction of sp³-hybridized carbons (Fsp3) is 0.824. The van der Waals surface area contributed by atoms with Crippen molar-refractivity contribution in [3.05, 3.63) is 11.6 Å². The maximum Gasteiger partial charge on any atom is 0.249 e. The molecule has 2 saturated heterocycles. The summed E-state index contributed by atoms with van der Waals surface area (Å²) in [6.45, 7) is 20.2. The second-order valence-corrected chi connectivity index (χ2v) is 14.5. The summed E-state index contributed by atoms with van der Waals surface area (Å²) in [5.74, 6) is -0.393. The normalized spacial score (nSPS) is 21.6. The lowest BCUT2D eigenvalue weighted by Gasteiger charge is -2.41. The van der Waals surface area contributed by atoms with Crippen LogP contribution in [0.1, 0.15) is 107 Å². The number of carbonyl (C=O) groups is 4. The largest absolute Gasteiger partial charge is 0.344 e. The smallest absolute Gasteiger partial charge is 0.249 e. The van der Waals surface area contributed by atoms with Crippen LogP contribution in [-0.4, -0.2) is 107 Å². The summed E-state index contributed by atoms with van der Waals surface area (Å²) in [5, 5.41) is 3.14. The zero-order valence-corrected chi connectivity index (χ0v) is 29.0. The van der Waals surface area contributed by atoms with Crippen LogP contribution in [0.25, 0.3) is 0 Å². The van der Waals surface area contributed by atoms with Crippen LogP contribution in [0, 0.1) is 11.3 Å². The molecule has 0 bridgehead atoms. The minimum Gasteiger partial charge on any atom is -0.344 e. The molecule has 0 saturated carbocycles. The summed E-state index contributed by atoms with van der Waals surface area (Å²) in [6.07, 6.45) is 8.15. The van der Waals surface area contributed by atoms with Gasteiger partial charge in [0.25, 0.3) is 0 Å². The van der Waals surface area contributed by atoms with Gasteiger partial charge in [-0.1, -0.05) is 60.5 Å². The Morgan fingerprint density at radius 3 is 2.14 bits per heavy atom. The van der Waals surface area contributed by atoms with Gasteiger partial charge in [-0.25, -0.2) is 0 Å². The van der Waals surface area contributed by atoms with Gasteiger partial charge < -0.3 is 20.0 Å². The monoisotopic (exact) mass is 603 g/mol.